The van der Waals surface area contributed by atoms with E-state index in [1.807, 2.05) is 22.6 Å². The molecule has 0 aromatic carbocycles. The summed E-state index contributed by atoms with van der Waals surface area (Å²) < 4.78 is 30.2. The molecule has 1 aromatic rings. The number of ether oxygens (including phenoxy) is 1. The van der Waals surface area contributed by atoms with Crippen LogP contribution in [0.15, 0.2) is 6.07 Å². The van der Waals surface area contributed by atoms with Crippen LogP contribution in [0.4, 0.5) is 8.78 Å². The molecule has 0 aliphatic heterocycles. The van der Waals surface area contributed by atoms with Crippen molar-refractivity contribution in [3.8, 4) is 5.88 Å². The number of nitrogens with zero attached hydrogens (tertiary/aromatic N) is 1. The lowest BCUT2D eigenvalue weighted by Gasteiger charge is -2.09. The van der Waals surface area contributed by atoms with Crippen molar-refractivity contribution in [1.82, 2.24) is 4.98 Å². The quantitative estimate of drug-likeness (QED) is 0.852. The Morgan fingerprint density at radius 3 is 2.75 bits per heavy atom. The molecule has 88 valence electrons. The van der Waals surface area contributed by atoms with Crippen molar-refractivity contribution in [2.75, 3.05) is 7.11 Å². The van der Waals surface area contributed by atoms with Crippen molar-refractivity contribution in [3.63, 3.8) is 0 Å². The third kappa shape index (κ3) is 3.00. The summed E-state index contributed by atoms with van der Waals surface area (Å²) >= 11 is 1.82. The lowest BCUT2D eigenvalue weighted by atomic mass is 10.1. The summed E-state index contributed by atoms with van der Waals surface area (Å²) in [7, 11) is 1.30. The monoisotopic (exact) mass is 343 g/mol. The van der Waals surface area contributed by atoms with Gasteiger partial charge in [0.15, 0.2) is 0 Å². The second-order valence-corrected chi connectivity index (χ2v) is 3.98. The van der Waals surface area contributed by atoms with Crippen LogP contribution in [0.5, 0.6) is 5.88 Å². The summed E-state index contributed by atoms with van der Waals surface area (Å²) in [6.45, 7) is 0. The van der Waals surface area contributed by atoms with Gasteiger partial charge in [0.2, 0.25) is 5.88 Å². The molecule has 0 fully saturated rings. The van der Waals surface area contributed by atoms with E-state index in [0.717, 1.165) is 6.07 Å². The summed E-state index contributed by atoms with van der Waals surface area (Å²) in [4.78, 5) is 14.1. The van der Waals surface area contributed by atoms with Gasteiger partial charge in [-0.15, -0.1) is 0 Å². The van der Waals surface area contributed by atoms with Crippen LogP contribution in [0.2, 0.25) is 0 Å². The SMILES string of the molecule is COc1nc(C(F)F)cc(CC(=O)O)c1I. The molecular weight excluding hydrogens is 335 g/mol. The molecule has 0 aliphatic carbocycles. The highest BCUT2D eigenvalue weighted by Gasteiger charge is 2.17. The lowest BCUT2D eigenvalue weighted by molar-refractivity contribution is -0.136. The topological polar surface area (TPSA) is 59.4 Å². The number of aromatic nitrogens is 1. The molecule has 0 radical (unpaired) electrons. The van der Waals surface area contributed by atoms with E-state index in [1.165, 1.54) is 7.11 Å². The summed E-state index contributed by atoms with van der Waals surface area (Å²) in [5.74, 6) is -1.07. The number of aliphatic carboxylic acids is 1. The summed E-state index contributed by atoms with van der Waals surface area (Å²) in [6.07, 6.45) is -3.09. The molecule has 0 saturated heterocycles. The van der Waals surface area contributed by atoms with Crippen LogP contribution in [-0.2, 0) is 11.2 Å². The molecule has 0 amide bonds. The first-order valence-electron chi connectivity index (χ1n) is 4.19. The Morgan fingerprint density at radius 2 is 2.31 bits per heavy atom. The highest BCUT2D eigenvalue weighted by molar-refractivity contribution is 14.1. The Kier molecular flexibility index (Phi) is 4.39. The van der Waals surface area contributed by atoms with Crippen LogP contribution in [0.25, 0.3) is 0 Å². The first kappa shape index (κ1) is 13.1. The van der Waals surface area contributed by atoms with Gasteiger partial charge in [0, 0.05) is 0 Å². The zero-order chi connectivity index (χ0) is 12.3. The van der Waals surface area contributed by atoms with Gasteiger partial charge >= 0.3 is 5.97 Å². The van der Waals surface area contributed by atoms with Gasteiger partial charge < -0.3 is 9.84 Å². The van der Waals surface area contributed by atoms with Crippen LogP contribution >= 0.6 is 22.6 Å². The van der Waals surface area contributed by atoms with Gasteiger partial charge in [-0.1, -0.05) is 0 Å². The maximum Gasteiger partial charge on any atom is 0.307 e. The maximum atomic E-state index is 12.5. The fraction of sp³-hybridized carbons (Fsp3) is 0.333. The molecule has 0 bridgehead atoms. The number of rotatable bonds is 4. The fourth-order valence-corrected chi connectivity index (χ4v) is 1.80. The number of methoxy groups -OCH3 is 1. The van der Waals surface area contributed by atoms with Crippen LogP contribution in [0.1, 0.15) is 17.7 Å². The number of halogens is 3. The molecule has 1 N–H and O–H groups in total. The summed E-state index contributed by atoms with van der Waals surface area (Å²) in [5.41, 5.74) is -0.205. The molecule has 1 rings (SSSR count). The van der Waals surface area contributed by atoms with Gasteiger partial charge in [-0.2, -0.15) is 0 Å². The van der Waals surface area contributed by atoms with E-state index in [-0.39, 0.29) is 17.9 Å². The van der Waals surface area contributed by atoms with Gasteiger partial charge in [0.05, 0.1) is 17.1 Å². The molecule has 0 unspecified atom stereocenters. The first-order chi connectivity index (χ1) is 7.45. The minimum Gasteiger partial charge on any atom is -0.481 e. The molecular formula is C9H8F2INO3. The zero-order valence-electron chi connectivity index (χ0n) is 8.21. The van der Waals surface area contributed by atoms with Crippen LogP contribution in [0, 0.1) is 3.57 Å². The van der Waals surface area contributed by atoms with E-state index in [4.69, 9.17) is 9.84 Å². The highest BCUT2D eigenvalue weighted by Crippen LogP contribution is 2.27. The van der Waals surface area contributed by atoms with Crippen molar-refractivity contribution < 1.29 is 23.4 Å². The minimum absolute atomic E-state index is 0.0228. The lowest BCUT2D eigenvalue weighted by Crippen LogP contribution is -2.06. The Bertz CT molecular complexity index is 412. The highest BCUT2D eigenvalue weighted by atomic mass is 127. The third-order valence-corrected chi connectivity index (χ3v) is 2.94. The van der Waals surface area contributed by atoms with Gasteiger partial charge in [0.25, 0.3) is 6.43 Å². The minimum atomic E-state index is -2.75. The van der Waals surface area contributed by atoms with E-state index in [0.29, 0.717) is 3.57 Å². The summed E-state index contributed by atoms with van der Waals surface area (Å²) in [6, 6.07) is 1.09. The average molecular weight is 343 g/mol. The Morgan fingerprint density at radius 1 is 1.69 bits per heavy atom. The molecule has 0 saturated carbocycles. The fourth-order valence-electron chi connectivity index (χ4n) is 1.12. The Hall–Kier alpha value is -0.990. The Balaban J connectivity index is 3.24. The number of carbonyl (C=O) groups is 1. The van der Waals surface area contributed by atoms with Crippen LogP contribution in [0.3, 0.4) is 0 Å². The Labute approximate surface area is 104 Å². The third-order valence-electron chi connectivity index (χ3n) is 1.78. The van der Waals surface area contributed by atoms with Crippen molar-refractivity contribution in [2.24, 2.45) is 0 Å². The van der Waals surface area contributed by atoms with Crippen molar-refractivity contribution in [1.29, 1.82) is 0 Å². The molecule has 0 aliphatic rings. The zero-order valence-corrected chi connectivity index (χ0v) is 10.4. The maximum absolute atomic E-state index is 12.5. The van der Waals surface area contributed by atoms with Crippen molar-refractivity contribution in [2.45, 2.75) is 12.8 Å². The van der Waals surface area contributed by atoms with Crippen molar-refractivity contribution >= 4 is 28.6 Å². The van der Waals surface area contributed by atoms with E-state index in [1.54, 1.807) is 0 Å². The number of hydrogen-bond acceptors (Lipinski definition) is 3. The largest absolute Gasteiger partial charge is 0.481 e. The van der Waals surface area contributed by atoms with Crippen LogP contribution in [-0.4, -0.2) is 23.2 Å². The number of alkyl halides is 2. The molecule has 1 aromatic heterocycles. The smallest absolute Gasteiger partial charge is 0.307 e. The van der Waals surface area contributed by atoms with E-state index in [9.17, 15) is 13.6 Å². The van der Waals surface area contributed by atoms with Crippen LogP contribution < -0.4 is 4.74 Å². The van der Waals surface area contributed by atoms with Gasteiger partial charge in [-0.3, -0.25) is 4.79 Å². The van der Waals surface area contributed by atoms with Gasteiger partial charge in [-0.25, -0.2) is 13.8 Å². The standard InChI is InChI=1S/C9H8F2INO3/c1-16-9-7(12)4(3-6(14)15)2-5(13-9)8(10)11/h2,8H,3H2,1H3,(H,14,15). The number of carboxylic acid groups (broad SMARTS) is 1. The number of pyridine rings is 1. The second kappa shape index (κ2) is 5.37. The predicted molar refractivity (Wildman–Crippen MR) is 59.8 cm³/mol. The van der Waals surface area contributed by atoms with E-state index < -0.39 is 18.1 Å². The van der Waals surface area contributed by atoms with Gasteiger partial charge in [0.1, 0.15) is 5.69 Å². The molecule has 16 heavy (non-hydrogen) atoms. The molecule has 1 heterocycles. The summed E-state index contributed by atoms with van der Waals surface area (Å²) in [5, 5.41) is 8.63. The predicted octanol–water partition coefficient (Wildman–Crippen LogP) is 2.26. The van der Waals surface area contributed by atoms with E-state index in [2.05, 4.69) is 4.98 Å². The molecule has 7 heteroatoms. The van der Waals surface area contributed by atoms with Gasteiger partial charge in [-0.05, 0) is 34.2 Å². The molecule has 0 spiro atoms. The average Bonchev–Trinajstić information content (AvgIpc) is 2.20. The van der Waals surface area contributed by atoms with Crippen molar-refractivity contribution in [3.05, 3.63) is 20.9 Å². The number of carboxylic acids is 1. The first-order valence-corrected chi connectivity index (χ1v) is 5.26. The second-order valence-electron chi connectivity index (χ2n) is 2.90. The van der Waals surface area contributed by atoms with E-state index >= 15 is 0 Å². The normalized spacial score (nSPS) is 10.6. The molecule has 0 atom stereocenters. The molecule has 4 nitrogen and oxygen atoms in total. The number of hydrogen-bond donors (Lipinski definition) is 1.